The van der Waals surface area contributed by atoms with E-state index in [0.717, 1.165) is 4.60 Å². The average Bonchev–Trinajstić information content (AvgIpc) is 2.39. The summed E-state index contributed by atoms with van der Waals surface area (Å²) in [6, 6.07) is 10.7. The Kier molecular flexibility index (Phi) is 3.15. The number of hydrogen-bond donors (Lipinski definition) is 0. The molecule has 0 spiro atoms. The van der Waals surface area contributed by atoms with E-state index < -0.39 is 0 Å². The third-order valence-corrected chi connectivity index (χ3v) is 4.14. The molecule has 88 valence electrons. The molecule has 0 N–H and O–H groups in total. The summed E-state index contributed by atoms with van der Waals surface area (Å²) >= 11 is 3.54. The predicted octanol–water partition coefficient (Wildman–Crippen LogP) is 5.05. The van der Waals surface area contributed by atoms with Crippen LogP contribution in [0.5, 0.6) is 0 Å². The van der Waals surface area contributed by atoms with Gasteiger partial charge in [0.15, 0.2) is 0 Å². The third-order valence-electron chi connectivity index (χ3n) is 3.73. The summed E-state index contributed by atoms with van der Waals surface area (Å²) in [5.74, 6) is 0.658. The maximum Gasteiger partial charge on any atom is 0.107 e. The van der Waals surface area contributed by atoms with Crippen molar-refractivity contribution >= 4 is 26.7 Å². The summed E-state index contributed by atoms with van der Waals surface area (Å²) in [5.41, 5.74) is 1.30. The van der Waals surface area contributed by atoms with E-state index in [4.69, 9.17) is 4.98 Å². The fourth-order valence-electron chi connectivity index (χ4n) is 2.88. The molecule has 2 heteroatoms. The normalized spacial score (nSPS) is 17.5. The quantitative estimate of drug-likeness (QED) is 0.670. The van der Waals surface area contributed by atoms with Crippen LogP contribution in [0.25, 0.3) is 10.8 Å². The van der Waals surface area contributed by atoms with Gasteiger partial charge in [-0.1, -0.05) is 43.5 Å². The largest absolute Gasteiger partial charge is 0.245 e. The highest BCUT2D eigenvalue weighted by molar-refractivity contribution is 9.10. The molecule has 3 rings (SSSR count). The van der Waals surface area contributed by atoms with Crippen LogP contribution in [0, 0.1) is 0 Å². The van der Waals surface area contributed by atoms with E-state index in [1.807, 2.05) is 0 Å². The Labute approximate surface area is 110 Å². The molecule has 0 bridgehead atoms. The molecular weight excluding hydrogens is 274 g/mol. The number of hydrogen-bond acceptors (Lipinski definition) is 1. The fourth-order valence-corrected chi connectivity index (χ4v) is 3.32. The van der Waals surface area contributed by atoms with E-state index in [0.29, 0.717) is 5.92 Å². The van der Waals surface area contributed by atoms with Crippen LogP contribution in [0.1, 0.15) is 43.7 Å². The highest BCUT2D eigenvalue weighted by Crippen LogP contribution is 2.36. The van der Waals surface area contributed by atoms with Crippen molar-refractivity contribution in [3.05, 3.63) is 40.6 Å². The van der Waals surface area contributed by atoms with Crippen LogP contribution >= 0.6 is 15.9 Å². The first kappa shape index (κ1) is 11.2. The Morgan fingerprint density at radius 3 is 2.65 bits per heavy atom. The van der Waals surface area contributed by atoms with Gasteiger partial charge in [0.1, 0.15) is 4.60 Å². The van der Waals surface area contributed by atoms with Gasteiger partial charge in [0.25, 0.3) is 0 Å². The minimum atomic E-state index is 0.658. The van der Waals surface area contributed by atoms with Crippen molar-refractivity contribution in [3.8, 4) is 0 Å². The molecule has 0 atom stereocenters. The lowest BCUT2D eigenvalue weighted by Crippen LogP contribution is -2.07. The second-order valence-corrected chi connectivity index (χ2v) is 5.70. The fraction of sp³-hybridized carbons (Fsp3) is 0.400. The highest BCUT2D eigenvalue weighted by Gasteiger charge is 2.19. The number of nitrogens with zero attached hydrogens (tertiary/aromatic N) is 1. The molecule has 1 aromatic heterocycles. The van der Waals surface area contributed by atoms with Crippen LogP contribution < -0.4 is 0 Å². The van der Waals surface area contributed by atoms with Crippen molar-refractivity contribution in [2.24, 2.45) is 0 Å². The molecule has 1 aliphatic carbocycles. The molecule has 0 amide bonds. The lowest BCUT2D eigenvalue weighted by molar-refractivity contribution is 0.438. The lowest BCUT2D eigenvalue weighted by atomic mass is 9.85. The number of halogens is 1. The van der Waals surface area contributed by atoms with Gasteiger partial charge in [-0.25, -0.2) is 4.98 Å². The molecule has 1 fully saturated rings. The van der Waals surface area contributed by atoms with Crippen LogP contribution in [-0.4, -0.2) is 4.98 Å². The maximum absolute atomic E-state index is 4.74. The Bertz CT molecular complexity index is 529. The zero-order chi connectivity index (χ0) is 11.7. The number of fused-ring (bicyclic) bond motifs is 1. The summed E-state index contributed by atoms with van der Waals surface area (Å²) < 4.78 is 0.969. The van der Waals surface area contributed by atoms with Crippen LogP contribution in [0.3, 0.4) is 0 Å². The third kappa shape index (κ3) is 2.23. The summed E-state index contributed by atoms with van der Waals surface area (Å²) in [6.07, 6.45) is 6.70. The standard InChI is InChI=1S/C15H16BrN/c16-14-10-12-8-4-5-9-13(12)15(17-14)11-6-2-1-3-7-11/h4-5,8-11H,1-3,6-7H2. The molecule has 1 aromatic carbocycles. The van der Waals surface area contributed by atoms with E-state index >= 15 is 0 Å². The van der Waals surface area contributed by atoms with E-state index in [-0.39, 0.29) is 0 Å². The summed E-state index contributed by atoms with van der Waals surface area (Å²) in [7, 11) is 0. The smallest absolute Gasteiger partial charge is 0.107 e. The number of aromatic nitrogens is 1. The topological polar surface area (TPSA) is 12.9 Å². The first-order valence-electron chi connectivity index (χ1n) is 6.40. The number of benzene rings is 1. The van der Waals surface area contributed by atoms with Gasteiger partial charge in [-0.15, -0.1) is 0 Å². The average molecular weight is 290 g/mol. The SMILES string of the molecule is Brc1cc2ccccc2c(C2CCCCC2)n1. The minimum Gasteiger partial charge on any atom is -0.245 e. The lowest BCUT2D eigenvalue weighted by Gasteiger charge is -2.22. The maximum atomic E-state index is 4.74. The first-order chi connectivity index (χ1) is 8.34. The Balaban J connectivity index is 2.13. The molecule has 17 heavy (non-hydrogen) atoms. The first-order valence-corrected chi connectivity index (χ1v) is 7.19. The van der Waals surface area contributed by atoms with Crippen molar-refractivity contribution in [1.82, 2.24) is 4.98 Å². The van der Waals surface area contributed by atoms with Gasteiger partial charge in [0.2, 0.25) is 0 Å². The molecule has 1 saturated carbocycles. The van der Waals surface area contributed by atoms with Crippen molar-refractivity contribution in [2.75, 3.05) is 0 Å². The monoisotopic (exact) mass is 289 g/mol. The zero-order valence-corrected chi connectivity index (χ0v) is 11.4. The number of pyridine rings is 1. The van der Waals surface area contributed by atoms with Gasteiger partial charge >= 0.3 is 0 Å². The van der Waals surface area contributed by atoms with Gasteiger partial charge in [-0.2, -0.15) is 0 Å². The number of rotatable bonds is 1. The van der Waals surface area contributed by atoms with Crippen LogP contribution in [0.4, 0.5) is 0 Å². The van der Waals surface area contributed by atoms with Gasteiger partial charge in [-0.05, 0) is 40.2 Å². The van der Waals surface area contributed by atoms with Crippen molar-refractivity contribution in [2.45, 2.75) is 38.0 Å². The van der Waals surface area contributed by atoms with E-state index in [1.54, 1.807) is 0 Å². The molecule has 0 unspecified atom stereocenters. The summed E-state index contributed by atoms with van der Waals surface area (Å²) in [4.78, 5) is 4.74. The van der Waals surface area contributed by atoms with Gasteiger partial charge in [-0.3, -0.25) is 0 Å². The van der Waals surface area contributed by atoms with Crippen molar-refractivity contribution in [1.29, 1.82) is 0 Å². The predicted molar refractivity (Wildman–Crippen MR) is 75.3 cm³/mol. The highest BCUT2D eigenvalue weighted by atomic mass is 79.9. The second-order valence-electron chi connectivity index (χ2n) is 4.89. The molecule has 1 nitrogen and oxygen atoms in total. The summed E-state index contributed by atoms with van der Waals surface area (Å²) in [6.45, 7) is 0. The van der Waals surface area contributed by atoms with Gasteiger partial charge < -0.3 is 0 Å². The Hall–Kier alpha value is -0.890. The molecule has 0 saturated heterocycles. The van der Waals surface area contributed by atoms with Crippen molar-refractivity contribution in [3.63, 3.8) is 0 Å². The molecule has 0 radical (unpaired) electrons. The minimum absolute atomic E-state index is 0.658. The van der Waals surface area contributed by atoms with Crippen molar-refractivity contribution < 1.29 is 0 Å². The molecular formula is C15H16BrN. The Morgan fingerprint density at radius 2 is 1.82 bits per heavy atom. The molecule has 2 aromatic rings. The molecule has 1 heterocycles. The van der Waals surface area contributed by atoms with Crippen LogP contribution in [0.15, 0.2) is 34.9 Å². The van der Waals surface area contributed by atoms with E-state index in [9.17, 15) is 0 Å². The van der Waals surface area contributed by atoms with E-state index in [2.05, 4.69) is 46.3 Å². The molecule has 1 aliphatic rings. The van der Waals surface area contributed by atoms with Crippen LogP contribution in [-0.2, 0) is 0 Å². The van der Waals surface area contributed by atoms with E-state index in [1.165, 1.54) is 48.6 Å². The zero-order valence-electron chi connectivity index (χ0n) is 9.82. The van der Waals surface area contributed by atoms with Gasteiger partial charge in [0, 0.05) is 11.3 Å². The van der Waals surface area contributed by atoms with Crippen LogP contribution in [0.2, 0.25) is 0 Å². The second kappa shape index (κ2) is 4.77. The Morgan fingerprint density at radius 1 is 1.06 bits per heavy atom. The summed E-state index contributed by atoms with van der Waals surface area (Å²) in [5, 5.41) is 2.64. The molecule has 0 aliphatic heterocycles. The van der Waals surface area contributed by atoms with Gasteiger partial charge in [0.05, 0.1) is 5.69 Å².